The standard InChI is InChI=1S/C23H26N4O3S/c1-13-9-14(11-20(29)23(13,2)30)16-5-6-25-12-15(16)10-19(28)21-17(24)3-4-18(27-21)22-26-7-8-31-22/h3-8,12-14,20,29-30H,9-11,24H2,1-2H3/t13-,14+,20+,23+/m0/s1. The number of aliphatic hydroxyl groups is 2. The van der Waals surface area contributed by atoms with E-state index in [-0.39, 0.29) is 29.7 Å². The summed E-state index contributed by atoms with van der Waals surface area (Å²) in [5, 5.41) is 23.6. The number of Topliss-reactive ketones (excluding diaryl/α,β-unsaturated/α-hetero) is 1. The van der Waals surface area contributed by atoms with Crippen LogP contribution in [0.5, 0.6) is 0 Å². The normalized spacial score (nSPS) is 26.0. The van der Waals surface area contributed by atoms with E-state index in [4.69, 9.17) is 5.73 Å². The van der Waals surface area contributed by atoms with E-state index in [0.717, 1.165) is 22.6 Å². The van der Waals surface area contributed by atoms with Gasteiger partial charge in [0.25, 0.3) is 0 Å². The van der Waals surface area contributed by atoms with Crippen LogP contribution >= 0.6 is 11.3 Å². The molecule has 0 bridgehead atoms. The first kappa shape index (κ1) is 21.5. The summed E-state index contributed by atoms with van der Waals surface area (Å²) in [6.45, 7) is 3.62. The Morgan fingerprint density at radius 1 is 1.29 bits per heavy atom. The molecular weight excluding hydrogens is 412 g/mol. The molecule has 3 heterocycles. The van der Waals surface area contributed by atoms with Crippen LogP contribution in [0.15, 0.2) is 42.2 Å². The third kappa shape index (κ3) is 4.23. The Morgan fingerprint density at radius 2 is 2.10 bits per heavy atom. The van der Waals surface area contributed by atoms with Gasteiger partial charge in [-0.1, -0.05) is 6.92 Å². The molecule has 0 aromatic carbocycles. The lowest BCUT2D eigenvalue weighted by Crippen LogP contribution is -2.49. The number of hydrogen-bond donors (Lipinski definition) is 3. The number of carbonyl (C=O) groups excluding carboxylic acids is 1. The number of aliphatic hydroxyl groups excluding tert-OH is 1. The first-order chi connectivity index (χ1) is 14.8. The zero-order chi connectivity index (χ0) is 22.2. The van der Waals surface area contributed by atoms with Gasteiger partial charge >= 0.3 is 0 Å². The molecule has 31 heavy (non-hydrogen) atoms. The number of carbonyl (C=O) groups is 1. The van der Waals surface area contributed by atoms with E-state index < -0.39 is 11.7 Å². The minimum absolute atomic E-state index is 0.0305. The predicted molar refractivity (Wildman–Crippen MR) is 120 cm³/mol. The molecule has 0 radical (unpaired) electrons. The van der Waals surface area contributed by atoms with E-state index in [1.165, 1.54) is 11.3 Å². The highest BCUT2D eigenvalue weighted by molar-refractivity contribution is 7.13. The number of nitrogens with zero attached hydrogens (tertiary/aromatic N) is 3. The monoisotopic (exact) mass is 438 g/mol. The van der Waals surface area contributed by atoms with E-state index in [1.807, 2.05) is 18.4 Å². The van der Waals surface area contributed by atoms with Crippen molar-refractivity contribution in [1.82, 2.24) is 15.0 Å². The van der Waals surface area contributed by atoms with Gasteiger partial charge in [0.2, 0.25) is 0 Å². The maximum absolute atomic E-state index is 13.1. The molecule has 4 atom stereocenters. The summed E-state index contributed by atoms with van der Waals surface area (Å²) >= 11 is 1.45. The predicted octanol–water partition coefficient (Wildman–Crippen LogP) is 3.23. The second-order valence-electron chi connectivity index (χ2n) is 8.46. The third-order valence-corrected chi connectivity index (χ3v) is 7.19. The summed E-state index contributed by atoms with van der Waals surface area (Å²) in [7, 11) is 0. The van der Waals surface area contributed by atoms with Crippen LogP contribution in [-0.2, 0) is 6.42 Å². The molecule has 3 aromatic rings. The topological polar surface area (TPSA) is 122 Å². The zero-order valence-electron chi connectivity index (χ0n) is 17.5. The average molecular weight is 439 g/mol. The van der Waals surface area contributed by atoms with E-state index >= 15 is 0 Å². The van der Waals surface area contributed by atoms with Crippen molar-refractivity contribution in [2.75, 3.05) is 5.73 Å². The number of aromatic nitrogens is 3. The minimum atomic E-state index is -1.12. The van der Waals surface area contributed by atoms with Gasteiger partial charge in [0.15, 0.2) is 5.78 Å². The van der Waals surface area contributed by atoms with Crippen molar-refractivity contribution in [3.8, 4) is 10.7 Å². The third-order valence-electron chi connectivity index (χ3n) is 6.39. The van der Waals surface area contributed by atoms with Crippen LogP contribution in [0.4, 0.5) is 5.69 Å². The first-order valence-electron chi connectivity index (χ1n) is 10.3. The number of thiazole rings is 1. The van der Waals surface area contributed by atoms with Crippen molar-refractivity contribution < 1.29 is 15.0 Å². The Kier molecular flexibility index (Phi) is 5.88. The molecular formula is C23H26N4O3S. The summed E-state index contributed by atoms with van der Waals surface area (Å²) in [6.07, 6.45) is 5.51. The molecule has 3 aromatic heterocycles. The fourth-order valence-corrected chi connectivity index (χ4v) is 4.86. The van der Waals surface area contributed by atoms with Crippen molar-refractivity contribution in [2.45, 2.75) is 50.7 Å². The second kappa shape index (κ2) is 8.45. The van der Waals surface area contributed by atoms with Crippen LogP contribution in [0, 0.1) is 5.92 Å². The summed E-state index contributed by atoms with van der Waals surface area (Å²) in [5.41, 5.74) is 7.88. The van der Waals surface area contributed by atoms with Gasteiger partial charge in [0.05, 0.1) is 23.1 Å². The number of nitrogen functional groups attached to an aromatic ring is 1. The SMILES string of the molecule is C[C@H]1C[C@@H](c2ccncc2CC(=O)c2nc(-c3nccs3)ccc2N)C[C@@H](O)[C@]1(C)O. The molecule has 8 heteroatoms. The number of nitrogens with two attached hydrogens (primary N) is 1. The largest absolute Gasteiger partial charge is 0.397 e. The molecule has 1 saturated carbocycles. The van der Waals surface area contributed by atoms with Crippen molar-refractivity contribution in [1.29, 1.82) is 0 Å². The van der Waals surface area contributed by atoms with Crippen molar-refractivity contribution >= 4 is 22.8 Å². The highest BCUT2D eigenvalue weighted by Crippen LogP contribution is 2.42. The van der Waals surface area contributed by atoms with E-state index in [0.29, 0.717) is 17.8 Å². The smallest absolute Gasteiger partial charge is 0.187 e. The second-order valence-corrected chi connectivity index (χ2v) is 9.35. The summed E-state index contributed by atoms with van der Waals surface area (Å²) < 4.78 is 0. The summed E-state index contributed by atoms with van der Waals surface area (Å²) in [6, 6.07) is 5.34. The summed E-state index contributed by atoms with van der Waals surface area (Å²) in [5.74, 6) is -0.241. The maximum atomic E-state index is 13.1. The highest BCUT2D eigenvalue weighted by atomic mass is 32.1. The lowest BCUT2D eigenvalue weighted by Gasteiger charge is -2.43. The molecule has 1 fully saturated rings. The number of ketones is 1. The molecule has 162 valence electrons. The molecule has 0 amide bonds. The molecule has 0 saturated heterocycles. The van der Waals surface area contributed by atoms with Gasteiger partial charge in [-0.15, -0.1) is 11.3 Å². The quantitative estimate of drug-likeness (QED) is 0.523. The van der Waals surface area contributed by atoms with Gasteiger partial charge in [0, 0.05) is 30.4 Å². The number of anilines is 1. The van der Waals surface area contributed by atoms with Crippen LogP contribution in [0.25, 0.3) is 10.7 Å². The van der Waals surface area contributed by atoms with Gasteiger partial charge in [0.1, 0.15) is 10.7 Å². The molecule has 0 aliphatic heterocycles. The van der Waals surface area contributed by atoms with Crippen LogP contribution in [-0.4, -0.2) is 42.7 Å². The minimum Gasteiger partial charge on any atom is -0.397 e. The Labute approximate surface area is 185 Å². The van der Waals surface area contributed by atoms with Crippen LogP contribution in [0.1, 0.15) is 54.2 Å². The van der Waals surface area contributed by atoms with Crippen LogP contribution in [0.2, 0.25) is 0 Å². The molecule has 7 nitrogen and oxygen atoms in total. The van der Waals surface area contributed by atoms with Crippen LogP contribution < -0.4 is 5.73 Å². The van der Waals surface area contributed by atoms with Crippen molar-refractivity contribution in [3.63, 3.8) is 0 Å². The average Bonchev–Trinajstić information content (AvgIpc) is 3.27. The Balaban J connectivity index is 1.60. The highest BCUT2D eigenvalue weighted by Gasteiger charge is 2.43. The number of pyridine rings is 2. The van der Waals surface area contributed by atoms with Gasteiger partial charge < -0.3 is 15.9 Å². The number of hydrogen-bond acceptors (Lipinski definition) is 8. The van der Waals surface area contributed by atoms with Gasteiger partial charge in [-0.2, -0.15) is 0 Å². The lowest BCUT2D eigenvalue weighted by atomic mass is 9.68. The van der Waals surface area contributed by atoms with Crippen molar-refractivity contribution in [3.05, 3.63) is 59.0 Å². The Bertz CT molecular complexity index is 1070. The molecule has 0 unspecified atom stereocenters. The van der Waals surface area contributed by atoms with Gasteiger partial charge in [-0.3, -0.25) is 9.78 Å². The van der Waals surface area contributed by atoms with Crippen LogP contribution in [0.3, 0.4) is 0 Å². The fourth-order valence-electron chi connectivity index (χ4n) is 4.25. The van der Waals surface area contributed by atoms with Gasteiger partial charge in [-0.25, -0.2) is 9.97 Å². The number of rotatable bonds is 5. The van der Waals surface area contributed by atoms with Crippen molar-refractivity contribution in [2.24, 2.45) is 5.92 Å². The molecule has 1 aliphatic rings. The first-order valence-corrected chi connectivity index (χ1v) is 11.2. The molecule has 4 rings (SSSR count). The molecule has 0 spiro atoms. The molecule has 1 aliphatic carbocycles. The Hall–Kier alpha value is -2.68. The van der Waals surface area contributed by atoms with Gasteiger partial charge in [-0.05, 0) is 60.9 Å². The zero-order valence-corrected chi connectivity index (χ0v) is 18.3. The molecule has 4 N–H and O–H groups in total. The fraction of sp³-hybridized carbons (Fsp3) is 0.391. The Morgan fingerprint density at radius 3 is 2.81 bits per heavy atom. The maximum Gasteiger partial charge on any atom is 0.187 e. The van der Waals surface area contributed by atoms with E-state index in [2.05, 4.69) is 15.0 Å². The van der Waals surface area contributed by atoms with E-state index in [1.54, 1.807) is 37.6 Å². The lowest BCUT2D eigenvalue weighted by molar-refractivity contribution is -0.123. The van der Waals surface area contributed by atoms with E-state index in [9.17, 15) is 15.0 Å². The summed E-state index contributed by atoms with van der Waals surface area (Å²) in [4.78, 5) is 26.1.